The predicted octanol–water partition coefficient (Wildman–Crippen LogP) is 2.89. The maximum atomic E-state index is 12.1. The van der Waals surface area contributed by atoms with E-state index in [1.807, 2.05) is 0 Å². The number of benzene rings is 2. The molecule has 0 radical (unpaired) electrons. The third-order valence-electron chi connectivity index (χ3n) is 2.70. The highest BCUT2D eigenvalue weighted by Gasteiger charge is 2.15. The Labute approximate surface area is 120 Å². The number of nitrogen functional groups attached to an aromatic ring is 1. The molecule has 104 valence electrons. The van der Waals surface area contributed by atoms with Gasteiger partial charge in [-0.1, -0.05) is 17.7 Å². The fourth-order valence-electron chi connectivity index (χ4n) is 1.69. The van der Waals surface area contributed by atoms with Crippen LogP contribution in [0.15, 0.2) is 36.4 Å². The zero-order valence-corrected chi connectivity index (χ0v) is 11.4. The van der Waals surface area contributed by atoms with Crippen LogP contribution in [0, 0.1) is 0 Å². The van der Waals surface area contributed by atoms with Gasteiger partial charge in [-0.3, -0.25) is 4.79 Å². The number of para-hydroxylation sites is 1. The number of phenols is 1. The predicted molar refractivity (Wildman–Crippen MR) is 78.5 cm³/mol. The van der Waals surface area contributed by atoms with Crippen LogP contribution in [0.25, 0.3) is 0 Å². The molecule has 1 amide bonds. The highest BCUT2D eigenvalue weighted by molar-refractivity contribution is 6.34. The number of carbonyl (C=O) groups is 1. The first kappa shape index (κ1) is 14.0. The number of halogens is 1. The van der Waals surface area contributed by atoms with Crippen LogP contribution in [0.3, 0.4) is 0 Å². The molecule has 2 aromatic rings. The molecule has 20 heavy (non-hydrogen) atoms. The molecule has 0 saturated carbocycles. The van der Waals surface area contributed by atoms with Gasteiger partial charge in [-0.25, -0.2) is 0 Å². The first-order valence-corrected chi connectivity index (χ1v) is 6.13. The average molecular weight is 293 g/mol. The number of ether oxygens (including phenoxy) is 1. The van der Waals surface area contributed by atoms with Gasteiger partial charge in [0.05, 0.1) is 23.4 Å². The molecule has 0 bridgehead atoms. The van der Waals surface area contributed by atoms with E-state index in [2.05, 4.69) is 5.32 Å². The quantitative estimate of drug-likeness (QED) is 0.759. The molecule has 0 aromatic heterocycles. The van der Waals surface area contributed by atoms with E-state index in [-0.39, 0.29) is 17.1 Å². The van der Waals surface area contributed by atoms with E-state index in [1.54, 1.807) is 24.3 Å². The summed E-state index contributed by atoms with van der Waals surface area (Å²) in [5.41, 5.74) is 6.58. The molecule has 0 fully saturated rings. The highest BCUT2D eigenvalue weighted by Crippen LogP contribution is 2.31. The van der Waals surface area contributed by atoms with Gasteiger partial charge in [0.1, 0.15) is 0 Å². The normalized spacial score (nSPS) is 10.1. The maximum absolute atomic E-state index is 12.1. The lowest BCUT2D eigenvalue weighted by atomic mass is 10.1. The number of carbonyl (C=O) groups excluding carboxylic acids is 1. The van der Waals surface area contributed by atoms with Crippen molar-refractivity contribution in [3.63, 3.8) is 0 Å². The lowest BCUT2D eigenvalue weighted by Crippen LogP contribution is -2.12. The summed E-state index contributed by atoms with van der Waals surface area (Å²) in [6, 6.07) is 9.39. The third kappa shape index (κ3) is 2.78. The molecule has 0 heterocycles. The van der Waals surface area contributed by atoms with Gasteiger partial charge in [0, 0.05) is 5.69 Å². The van der Waals surface area contributed by atoms with Gasteiger partial charge >= 0.3 is 0 Å². The summed E-state index contributed by atoms with van der Waals surface area (Å²) < 4.78 is 4.95. The number of hydrogen-bond donors (Lipinski definition) is 3. The van der Waals surface area contributed by atoms with Crippen LogP contribution in [0.4, 0.5) is 11.4 Å². The zero-order valence-electron chi connectivity index (χ0n) is 10.7. The number of nitrogens with one attached hydrogen (secondary N) is 1. The van der Waals surface area contributed by atoms with Crippen molar-refractivity contribution < 1.29 is 14.6 Å². The Morgan fingerprint density at radius 1 is 1.35 bits per heavy atom. The van der Waals surface area contributed by atoms with Crippen molar-refractivity contribution in [2.75, 3.05) is 18.2 Å². The summed E-state index contributed by atoms with van der Waals surface area (Å²) in [6.45, 7) is 0. The van der Waals surface area contributed by atoms with Crippen molar-refractivity contribution >= 4 is 28.9 Å². The summed E-state index contributed by atoms with van der Waals surface area (Å²) in [4.78, 5) is 12.1. The molecule has 4 N–H and O–H groups in total. The summed E-state index contributed by atoms with van der Waals surface area (Å²) >= 11 is 5.98. The number of nitrogens with two attached hydrogens (primary N) is 1. The number of anilines is 2. The van der Waals surface area contributed by atoms with E-state index in [9.17, 15) is 9.90 Å². The number of methoxy groups -OCH3 is 1. The fourth-order valence-corrected chi connectivity index (χ4v) is 1.93. The summed E-state index contributed by atoms with van der Waals surface area (Å²) in [5.74, 6) is -0.492. The van der Waals surface area contributed by atoms with Crippen molar-refractivity contribution in [1.29, 1.82) is 0 Å². The van der Waals surface area contributed by atoms with Gasteiger partial charge in [-0.15, -0.1) is 0 Å². The molecule has 2 aromatic carbocycles. The lowest BCUT2D eigenvalue weighted by Gasteiger charge is -2.10. The zero-order chi connectivity index (χ0) is 14.7. The van der Waals surface area contributed by atoms with Gasteiger partial charge in [-0.05, 0) is 30.3 Å². The SMILES string of the molecule is COc1cccc(C(=O)Nc2ccc(N)cc2Cl)c1O. The van der Waals surface area contributed by atoms with Crippen molar-refractivity contribution in [2.45, 2.75) is 0 Å². The Kier molecular flexibility index (Phi) is 4.00. The molecule has 0 aliphatic heterocycles. The number of phenolic OH excluding ortho intramolecular Hbond substituents is 1. The van der Waals surface area contributed by atoms with Gasteiger partial charge in [0.2, 0.25) is 0 Å². The topological polar surface area (TPSA) is 84.6 Å². The Morgan fingerprint density at radius 2 is 2.10 bits per heavy atom. The van der Waals surface area contributed by atoms with Crippen molar-refractivity contribution in [1.82, 2.24) is 0 Å². The van der Waals surface area contributed by atoms with Crippen LogP contribution >= 0.6 is 11.6 Å². The summed E-state index contributed by atoms with van der Waals surface area (Å²) in [7, 11) is 1.41. The van der Waals surface area contributed by atoms with Crippen molar-refractivity contribution in [3.05, 3.63) is 47.0 Å². The molecule has 5 nitrogen and oxygen atoms in total. The minimum absolute atomic E-state index is 0.0947. The van der Waals surface area contributed by atoms with Crippen molar-refractivity contribution in [3.8, 4) is 11.5 Å². The fraction of sp³-hybridized carbons (Fsp3) is 0.0714. The van der Waals surface area contributed by atoms with E-state index in [1.165, 1.54) is 19.2 Å². The maximum Gasteiger partial charge on any atom is 0.259 e. The molecule has 0 aliphatic rings. The molecule has 0 saturated heterocycles. The van der Waals surface area contributed by atoms with Gasteiger partial charge in [-0.2, -0.15) is 0 Å². The molecule has 0 spiro atoms. The van der Waals surface area contributed by atoms with Crippen LogP contribution in [0.1, 0.15) is 10.4 Å². The second-order valence-electron chi connectivity index (χ2n) is 4.05. The number of hydrogen-bond acceptors (Lipinski definition) is 4. The Morgan fingerprint density at radius 3 is 2.75 bits per heavy atom. The molecule has 2 rings (SSSR count). The van der Waals surface area contributed by atoms with E-state index in [0.717, 1.165) is 0 Å². The standard InChI is InChI=1S/C14H13ClN2O3/c1-20-12-4-2-3-9(13(12)18)14(19)17-11-6-5-8(16)7-10(11)15/h2-7,18H,16H2,1H3,(H,17,19). The largest absolute Gasteiger partial charge is 0.504 e. The monoisotopic (exact) mass is 292 g/mol. The molecule has 0 unspecified atom stereocenters. The van der Waals surface area contributed by atoms with Gasteiger partial charge in [0.25, 0.3) is 5.91 Å². The summed E-state index contributed by atoms with van der Waals surface area (Å²) in [6.07, 6.45) is 0. The van der Waals surface area contributed by atoms with Crippen LogP contribution in [-0.4, -0.2) is 18.1 Å². The Bertz CT molecular complexity index is 659. The van der Waals surface area contributed by atoms with Crippen LogP contribution in [0.2, 0.25) is 5.02 Å². The molecular weight excluding hydrogens is 280 g/mol. The number of aromatic hydroxyl groups is 1. The molecular formula is C14H13ClN2O3. The number of rotatable bonds is 3. The Hall–Kier alpha value is -2.40. The van der Waals surface area contributed by atoms with Crippen LogP contribution < -0.4 is 15.8 Å². The highest BCUT2D eigenvalue weighted by atomic mass is 35.5. The smallest absolute Gasteiger partial charge is 0.259 e. The van der Waals surface area contributed by atoms with E-state index >= 15 is 0 Å². The average Bonchev–Trinajstić information content (AvgIpc) is 2.42. The Balaban J connectivity index is 2.28. The van der Waals surface area contributed by atoms with Crippen molar-refractivity contribution in [2.24, 2.45) is 0 Å². The van der Waals surface area contributed by atoms with Gasteiger partial charge < -0.3 is 20.9 Å². The van der Waals surface area contributed by atoms with Gasteiger partial charge in [0.15, 0.2) is 11.5 Å². The minimum atomic E-state index is -0.493. The molecule has 6 heteroatoms. The van der Waals surface area contributed by atoms with Crippen LogP contribution in [-0.2, 0) is 0 Å². The van der Waals surface area contributed by atoms with E-state index < -0.39 is 5.91 Å². The van der Waals surface area contributed by atoms with E-state index in [0.29, 0.717) is 16.4 Å². The second-order valence-corrected chi connectivity index (χ2v) is 4.46. The lowest BCUT2D eigenvalue weighted by molar-refractivity contribution is 0.102. The summed E-state index contributed by atoms with van der Waals surface area (Å²) in [5, 5.41) is 12.8. The van der Waals surface area contributed by atoms with Crippen LogP contribution in [0.5, 0.6) is 11.5 Å². The third-order valence-corrected chi connectivity index (χ3v) is 3.02. The molecule has 0 atom stereocenters. The first-order chi connectivity index (χ1) is 9.52. The first-order valence-electron chi connectivity index (χ1n) is 5.75. The number of amides is 1. The van der Waals surface area contributed by atoms with E-state index in [4.69, 9.17) is 22.1 Å². The second kappa shape index (κ2) is 5.71. The molecule has 0 aliphatic carbocycles. The minimum Gasteiger partial charge on any atom is -0.504 e.